The molecular formula is C39H40N2O7. The van der Waals surface area contributed by atoms with Gasteiger partial charge in [0.15, 0.2) is 6.29 Å². The number of ether oxygens (including phenoxy) is 5. The molecule has 4 aromatic rings. The van der Waals surface area contributed by atoms with E-state index in [4.69, 9.17) is 23.7 Å². The van der Waals surface area contributed by atoms with E-state index in [-0.39, 0.29) is 25.1 Å². The highest BCUT2D eigenvalue weighted by molar-refractivity contribution is 5.89. The van der Waals surface area contributed by atoms with Gasteiger partial charge >= 0.3 is 12.1 Å². The maximum absolute atomic E-state index is 13.6. The van der Waals surface area contributed by atoms with Gasteiger partial charge in [-0.15, -0.1) is 0 Å². The molecule has 1 atom stereocenters. The number of anilines is 1. The molecule has 4 heterocycles. The van der Waals surface area contributed by atoms with E-state index in [9.17, 15) is 9.59 Å². The minimum absolute atomic E-state index is 0.0708. The van der Waals surface area contributed by atoms with E-state index >= 15 is 0 Å². The van der Waals surface area contributed by atoms with Crippen molar-refractivity contribution in [2.75, 3.05) is 37.7 Å². The summed E-state index contributed by atoms with van der Waals surface area (Å²) in [6, 6.07) is 32.3. The summed E-state index contributed by atoms with van der Waals surface area (Å²) >= 11 is 0. The number of nitrogens with zero attached hydrogens (tertiary/aromatic N) is 2. The van der Waals surface area contributed by atoms with Gasteiger partial charge in [0, 0.05) is 17.8 Å². The molecule has 0 radical (unpaired) electrons. The summed E-state index contributed by atoms with van der Waals surface area (Å²) < 4.78 is 28.9. The van der Waals surface area contributed by atoms with Gasteiger partial charge in [-0.05, 0) is 91.0 Å². The highest BCUT2D eigenvalue weighted by atomic mass is 16.7. The average Bonchev–Trinajstić information content (AvgIpc) is 3.69. The number of carbonyl (C=O) groups excluding carboxylic acids is 2. The number of benzene rings is 4. The smallest absolute Gasteiger partial charge is 0.414 e. The second-order valence-electron chi connectivity index (χ2n) is 12.5. The quantitative estimate of drug-likeness (QED) is 0.162. The van der Waals surface area contributed by atoms with Gasteiger partial charge in [0.05, 0.1) is 25.3 Å². The van der Waals surface area contributed by atoms with Crippen LogP contribution in [-0.4, -0.2) is 55.9 Å². The third kappa shape index (κ3) is 7.87. The van der Waals surface area contributed by atoms with Crippen molar-refractivity contribution in [1.82, 2.24) is 4.90 Å². The van der Waals surface area contributed by atoms with Gasteiger partial charge in [0.2, 0.25) is 0 Å². The van der Waals surface area contributed by atoms with Crippen LogP contribution >= 0.6 is 0 Å². The van der Waals surface area contributed by atoms with Gasteiger partial charge in [0.1, 0.15) is 25.1 Å². The molecule has 0 spiro atoms. The molecule has 0 unspecified atom stereocenters. The number of piperidine rings is 3. The van der Waals surface area contributed by atoms with Crippen LogP contribution < -0.4 is 9.64 Å². The van der Waals surface area contributed by atoms with Gasteiger partial charge in [-0.1, -0.05) is 60.7 Å². The summed E-state index contributed by atoms with van der Waals surface area (Å²) in [5, 5.41) is 0. The number of esters is 1. The highest BCUT2D eigenvalue weighted by Gasteiger charge is 2.37. The van der Waals surface area contributed by atoms with Crippen molar-refractivity contribution in [3.8, 4) is 5.75 Å². The topological polar surface area (TPSA) is 86.8 Å². The van der Waals surface area contributed by atoms with Gasteiger partial charge in [-0.2, -0.15) is 0 Å². The van der Waals surface area contributed by atoms with Crippen molar-refractivity contribution in [3.05, 3.63) is 131 Å². The van der Waals surface area contributed by atoms with Gasteiger partial charge in [0.25, 0.3) is 0 Å². The highest BCUT2D eigenvalue weighted by Crippen LogP contribution is 2.31. The Morgan fingerprint density at radius 3 is 2.27 bits per heavy atom. The van der Waals surface area contributed by atoms with E-state index in [1.807, 2.05) is 91.0 Å². The van der Waals surface area contributed by atoms with Crippen molar-refractivity contribution in [2.24, 2.45) is 5.92 Å². The molecule has 0 aromatic heterocycles. The number of hydrogen-bond acceptors (Lipinski definition) is 8. The first-order valence-electron chi connectivity index (χ1n) is 16.6. The number of hydrogen-bond donors (Lipinski definition) is 0. The first-order chi connectivity index (χ1) is 23.6. The third-order valence-corrected chi connectivity index (χ3v) is 9.19. The molecule has 4 aromatic carbocycles. The average molecular weight is 649 g/mol. The molecule has 4 aliphatic rings. The lowest BCUT2D eigenvalue weighted by Crippen LogP contribution is -2.53. The minimum Gasteiger partial charge on any atom is -0.489 e. The van der Waals surface area contributed by atoms with Crippen LogP contribution in [0.5, 0.6) is 5.75 Å². The number of carbonyl (C=O) groups is 2. The van der Waals surface area contributed by atoms with Crippen LogP contribution in [0, 0.1) is 5.92 Å². The van der Waals surface area contributed by atoms with E-state index in [0.717, 1.165) is 60.4 Å². The van der Waals surface area contributed by atoms with Crippen molar-refractivity contribution in [1.29, 1.82) is 0 Å². The van der Waals surface area contributed by atoms with Crippen molar-refractivity contribution in [3.63, 3.8) is 0 Å². The molecule has 4 aliphatic heterocycles. The Balaban J connectivity index is 0.935. The molecule has 9 heteroatoms. The SMILES string of the molecule is O=C(OCc1cccc(C2OCCO2)c1)c1ccc(COc2cccc(CN(C(=O)O[C@H]3CN4CCC3CC4)c3ccccc3)c2)cc1. The number of rotatable bonds is 11. The Hall–Kier alpha value is -4.70. The van der Waals surface area contributed by atoms with E-state index < -0.39 is 5.97 Å². The first-order valence-corrected chi connectivity index (χ1v) is 16.6. The van der Waals surface area contributed by atoms with E-state index in [2.05, 4.69) is 4.90 Å². The second-order valence-corrected chi connectivity index (χ2v) is 12.5. The predicted molar refractivity (Wildman–Crippen MR) is 179 cm³/mol. The van der Waals surface area contributed by atoms with Crippen molar-refractivity contribution in [2.45, 2.75) is 45.0 Å². The maximum atomic E-state index is 13.6. The predicted octanol–water partition coefficient (Wildman–Crippen LogP) is 6.91. The van der Waals surface area contributed by atoms with Crippen LogP contribution in [0.1, 0.15) is 51.7 Å². The molecule has 48 heavy (non-hydrogen) atoms. The summed E-state index contributed by atoms with van der Waals surface area (Å²) in [4.78, 5) is 30.4. The molecule has 4 saturated heterocycles. The minimum atomic E-state index is -0.399. The lowest BCUT2D eigenvalue weighted by molar-refractivity contribution is -0.0442. The maximum Gasteiger partial charge on any atom is 0.414 e. The monoisotopic (exact) mass is 648 g/mol. The Morgan fingerprint density at radius 1 is 0.771 bits per heavy atom. The Labute approximate surface area is 280 Å². The normalized spacial score (nSPS) is 20.3. The number of fused-ring (bicyclic) bond motifs is 3. The lowest BCUT2D eigenvalue weighted by atomic mass is 9.86. The fourth-order valence-corrected chi connectivity index (χ4v) is 6.54. The van der Waals surface area contributed by atoms with Crippen LogP contribution in [0.15, 0.2) is 103 Å². The summed E-state index contributed by atoms with van der Waals surface area (Å²) in [7, 11) is 0. The molecule has 1 amide bonds. The Morgan fingerprint density at radius 2 is 1.52 bits per heavy atom. The van der Waals surface area contributed by atoms with E-state index in [0.29, 0.717) is 43.6 Å². The molecular weight excluding hydrogens is 608 g/mol. The fourth-order valence-electron chi connectivity index (χ4n) is 6.54. The van der Waals surface area contributed by atoms with Gasteiger partial charge in [-0.25, -0.2) is 9.59 Å². The molecule has 2 bridgehead atoms. The zero-order valence-corrected chi connectivity index (χ0v) is 26.9. The summed E-state index contributed by atoms with van der Waals surface area (Å²) in [5.41, 5.74) is 4.86. The third-order valence-electron chi connectivity index (χ3n) is 9.19. The zero-order chi connectivity index (χ0) is 32.7. The van der Waals surface area contributed by atoms with Crippen LogP contribution in [-0.2, 0) is 38.7 Å². The lowest BCUT2D eigenvalue weighted by Gasteiger charge is -2.44. The summed E-state index contributed by atoms with van der Waals surface area (Å²) in [6.45, 7) is 4.96. The number of amides is 1. The standard InChI is InChI=1S/C39H40N2O7/c42-37(47-27-30-7-4-8-33(22-30)38-44-20-21-45-38)32-14-12-28(13-15-32)26-46-35-11-5-6-29(23-35)24-41(34-9-2-1-3-10-34)39(43)48-36-25-40-18-16-31(36)17-19-40/h1-15,22-23,31,36,38H,16-21,24-27H2/t36-/m0/s1. The zero-order valence-electron chi connectivity index (χ0n) is 26.9. The summed E-state index contributed by atoms with van der Waals surface area (Å²) in [6.07, 6.45) is 1.39. The molecule has 0 saturated carbocycles. The van der Waals surface area contributed by atoms with Gasteiger partial charge < -0.3 is 23.7 Å². The van der Waals surface area contributed by atoms with Crippen LogP contribution in [0.3, 0.4) is 0 Å². The van der Waals surface area contributed by atoms with E-state index in [1.54, 1.807) is 17.0 Å². The summed E-state index contributed by atoms with van der Waals surface area (Å²) in [5.74, 6) is 0.720. The fraction of sp³-hybridized carbons (Fsp3) is 0.333. The molecule has 9 nitrogen and oxygen atoms in total. The first kappa shape index (κ1) is 31.9. The van der Waals surface area contributed by atoms with Crippen molar-refractivity contribution < 1.29 is 33.3 Å². The molecule has 248 valence electrons. The largest absolute Gasteiger partial charge is 0.489 e. The number of para-hydroxylation sites is 1. The molecule has 4 fully saturated rings. The molecule has 0 aliphatic carbocycles. The molecule has 8 rings (SSSR count). The Bertz CT molecular complexity index is 1680. The van der Waals surface area contributed by atoms with Crippen molar-refractivity contribution >= 4 is 17.7 Å². The van der Waals surface area contributed by atoms with Gasteiger partial charge in [-0.3, -0.25) is 9.80 Å². The van der Waals surface area contributed by atoms with Crippen LogP contribution in [0.2, 0.25) is 0 Å². The second kappa shape index (κ2) is 15.0. The Kier molecular flexibility index (Phi) is 9.98. The van der Waals surface area contributed by atoms with Crippen LogP contribution in [0.25, 0.3) is 0 Å². The van der Waals surface area contributed by atoms with Crippen LogP contribution in [0.4, 0.5) is 10.5 Å². The van der Waals surface area contributed by atoms with E-state index in [1.165, 1.54) is 0 Å². The molecule has 0 N–H and O–H groups in total.